The predicted molar refractivity (Wildman–Crippen MR) is 93.1 cm³/mol. The number of halogens is 3. The van der Waals surface area contributed by atoms with E-state index in [1.54, 1.807) is 18.2 Å². The fourth-order valence-electron chi connectivity index (χ4n) is 1.93. The summed E-state index contributed by atoms with van der Waals surface area (Å²) in [4.78, 5) is 10.6. The maximum atomic E-state index is 13.1. The maximum absolute atomic E-state index is 13.1. The van der Waals surface area contributed by atoms with Crippen molar-refractivity contribution in [3.8, 4) is 11.5 Å². The van der Waals surface area contributed by atoms with Crippen LogP contribution in [-0.4, -0.2) is 18.2 Å². The Morgan fingerprint density at radius 1 is 1.38 bits per heavy atom. The van der Waals surface area contributed by atoms with E-state index in [4.69, 9.17) is 26.2 Å². The summed E-state index contributed by atoms with van der Waals surface area (Å²) in [6.45, 7) is 0.123. The van der Waals surface area contributed by atoms with Crippen molar-refractivity contribution in [3.05, 3.63) is 62.8 Å². The number of rotatable bonds is 6. The summed E-state index contributed by atoms with van der Waals surface area (Å²) < 4.78 is 24.7. The summed E-state index contributed by atoms with van der Waals surface area (Å²) in [5.74, 6) is -0.605. The first-order valence-electron chi connectivity index (χ1n) is 6.76. The second-order valence-electron chi connectivity index (χ2n) is 4.73. The summed E-state index contributed by atoms with van der Waals surface area (Å²) >= 11 is 9.35. The molecular formula is C17H13BrClFO4. The van der Waals surface area contributed by atoms with Crippen molar-refractivity contribution in [3.63, 3.8) is 0 Å². The summed E-state index contributed by atoms with van der Waals surface area (Å²) in [6, 6.07) is 7.40. The highest BCUT2D eigenvalue weighted by Crippen LogP contribution is 2.37. The highest BCUT2D eigenvalue weighted by atomic mass is 79.9. The molecule has 0 aliphatic rings. The predicted octanol–water partition coefficient (Wildman–Crippen LogP) is 4.93. The van der Waals surface area contributed by atoms with E-state index in [0.717, 1.165) is 6.08 Å². The molecular weight excluding hydrogens is 403 g/mol. The highest BCUT2D eigenvalue weighted by Gasteiger charge is 2.12. The van der Waals surface area contributed by atoms with E-state index >= 15 is 0 Å². The quantitative estimate of drug-likeness (QED) is 0.680. The Labute approximate surface area is 151 Å². The van der Waals surface area contributed by atoms with Crippen LogP contribution >= 0.6 is 27.5 Å². The zero-order chi connectivity index (χ0) is 17.7. The maximum Gasteiger partial charge on any atom is 0.328 e. The van der Waals surface area contributed by atoms with E-state index in [-0.39, 0.29) is 11.6 Å². The van der Waals surface area contributed by atoms with Gasteiger partial charge in [-0.2, -0.15) is 0 Å². The average molecular weight is 416 g/mol. The molecule has 0 aliphatic carbocycles. The molecule has 0 spiro atoms. The molecule has 0 bridgehead atoms. The summed E-state index contributed by atoms with van der Waals surface area (Å²) in [5, 5.41) is 8.96. The van der Waals surface area contributed by atoms with Gasteiger partial charge in [0, 0.05) is 11.6 Å². The third-order valence-corrected chi connectivity index (χ3v) is 4.00. The summed E-state index contributed by atoms with van der Waals surface area (Å²) in [5.41, 5.74) is 1.26. The zero-order valence-corrected chi connectivity index (χ0v) is 14.9. The molecule has 0 amide bonds. The van der Waals surface area contributed by atoms with Gasteiger partial charge in [0.25, 0.3) is 0 Å². The van der Waals surface area contributed by atoms with E-state index in [2.05, 4.69) is 15.9 Å². The minimum Gasteiger partial charge on any atom is -0.493 e. The SMILES string of the molecule is COc1cc(C=CC(=O)O)cc(Br)c1OCc1ccc(F)cc1Cl. The first kappa shape index (κ1) is 18.3. The van der Waals surface area contributed by atoms with Crippen molar-refractivity contribution in [2.75, 3.05) is 7.11 Å². The van der Waals surface area contributed by atoms with Crippen LogP contribution in [-0.2, 0) is 11.4 Å². The lowest BCUT2D eigenvalue weighted by molar-refractivity contribution is -0.131. The van der Waals surface area contributed by atoms with Crippen molar-refractivity contribution in [2.45, 2.75) is 6.61 Å². The molecule has 2 rings (SSSR count). The number of hydrogen-bond acceptors (Lipinski definition) is 3. The van der Waals surface area contributed by atoms with Crippen LogP contribution < -0.4 is 9.47 Å². The van der Waals surface area contributed by atoms with Crippen molar-refractivity contribution >= 4 is 39.6 Å². The molecule has 0 saturated carbocycles. The molecule has 1 N–H and O–H groups in total. The van der Waals surface area contributed by atoms with Crippen LogP contribution in [0.25, 0.3) is 6.08 Å². The molecule has 0 heterocycles. The second kappa shape index (κ2) is 8.17. The van der Waals surface area contributed by atoms with Crippen molar-refractivity contribution in [1.29, 1.82) is 0 Å². The molecule has 2 aromatic carbocycles. The van der Waals surface area contributed by atoms with Crippen molar-refractivity contribution in [1.82, 2.24) is 0 Å². The minimum absolute atomic E-state index is 0.123. The molecule has 126 valence electrons. The van der Waals surface area contributed by atoms with Gasteiger partial charge in [0.15, 0.2) is 11.5 Å². The summed E-state index contributed by atoms with van der Waals surface area (Å²) in [6.07, 6.45) is 2.47. The lowest BCUT2D eigenvalue weighted by atomic mass is 10.2. The monoisotopic (exact) mass is 414 g/mol. The second-order valence-corrected chi connectivity index (χ2v) is 5.99. The fourth-order valence-corrected chi connectivity index (χ4v) is 2.73. The highest BCUT2D eigenvalue weighted by molar-refractivity contribution is 9.10. The lowest BCUT2D eigenvalue weighted by Gasteiger charge is -2.14. The van der Waals surface area contributed by atoms with Gasteiger partial charge in [0.1, 0.15) is 12.4 Å². The third kappa shape index (κ3) is 4.72. The third-order valence-electron chi connectivity index (χ3n) is 3.06. The molecule has 4 nitrogen and oxygen atoms in total. The van der Waals surface area contributed by atoms with E-state index in [1.807, 2.05) is 0 Å². The standard InChI is InChI=1S/C17H13BrClFO4/c1-23-15-7-10(2-5-16(21)22)6-13(18)17(15)24-9-11-3-4-12(20)8-14(11)19/h2-8H,9H2,1H3,(H,21,22). The first-order valence-corrected chi connectivity index (χ1v) is 7.93. The number of carboxylic acids is 1. The van der Waals surface area contributed by atoms with Gasteiger partial charge < -0.3 is 14.6 Å². The normalized spacial score (nSPS) is 10.8. The van der Waals surface area contributed by atoms with Crippen LogP contribution in [0.15, 0.2) is 40.9 Å². The van der Waals surface area contributed by atoms with Crippen LogP contribution in [0.4, 0.5) is 4.39 Å². The first-order chi connectivity index (χ1) is 11.4. The average Bonchev–Trinajstić information content (AvgIpc) is 2.52. The molecule has 0 unspecified atom stereocenters. The molecule has 0 aromatic heterocycles. The molecule has 2 aromatic rings. The fraction of sp³-hybridized carbons (Fsp3) is 0.118. The van der Waals surface area contributed by atoms with Gasteiger partial charge in [-0.25, -0.2) is 9.18 Å². The van der Waals surface area contributed by atoms with E-state index in [1.165, 1.54) is 25.3 Å². The van der Waals surface area contributed by atoms with Gasteiger partial charge in [0.2, 0.25) is 0 Å². The van der Waals surface area contributed by atoms with Crippen LogP contribution in [0.5, 0.6) is 11.5 Å². The van der Waals surface area contributed by atoms with Gasteiger partial charge in [0.05, 0.1) is 16.6 Å². The Balaban J connectivity index is 2.24. The lowest BCUT2D eigenvalue weighted by Crippen LogP contribution is -2.00. The largest absolute Gasteiger partial charge is 0.493 e. The molecule has 7 heteroatoms. The van der Waals surface area contributed by atoms with Crippen molar-refractivity contribution in [2.24, 2.45) is 0 Å². The Morgan fingerprint density at radius 3 is 2.75 bits per heavy atom. The van der Waals surface area contributed by atoms with E-state index in [9.17, 15) is 9.18 Å². The number of methoxy groups -OCH3 is 1. The molecule has 0 saturated heterocycles. The number of carbonyl (C=O) groups is 1. The number of ether oxygens (including phenoxy) is 2. The summed E-state index contributed by atoms with van der Waals surface area (Å²) in [7, 11) is 1.48. The van der Waals surface area contributed by atoms with Crippen LogP contribution in [0.3, 0.4) is 0 Å². The van der Waals surface area contributed by atoms with Crippen LogP contribution in [0.2, 0.25) is 5.02 Å². The van der Waals surface area contributed by atoms with Gasteiger partial charge in [-0.3, -0.25) is 0 Å². The number of benzene rings is 2. The molecule has 0 radical (unpaired) electrons. The van der Waals surface area contributed by atoms with Gasteiger partial charge in [-0.15, -0.1) is 0 Å². The number of aliphatic carboxylic acids is 1. The van der Waals surface area contributed by atoms with E-state index < -0.39 is 11.8 Å². The number of hydrogen-bond donors (Lipinski definition) is 1. The van der Waals surface area contributed by atoms with E-state index in [0.29, 0.717) is 27.1 Å². The van der Waals surface area contributed by atoms with Gasteiger partial charge >= 0.3 is 5.97 Å². The number of carboxylic acid groups (broad SMARTS) is 1. The van der Waals surface area contributed by atoms with Crippen molar-refractivity contribution < 1.29 is 23.8 Å². The Hall–Kier alpha value is -2.05. The van der Waals surface area contributed by atoms with Gasteiger partial charge in [-0.1, -0.05) is 17.7 Å². The van der Waals surface area contributed by atoms with Crippen LogP contribution in [0.1, 0.15) is 11.1 Å². The smallest absolute Gasteiger partial charge is 0.328 e. The topological polar surface area (TPSA) is 55.8 Å². The van der Waals surface area contributed by atoms with Gasteiger partial charge in [-0.05, 0) is 51.8 Å². The molecule has 0 aliphatic heterocycles. The molecule has 0 fully saturated rings. The molecule has 24 heavy (non-hydrogen) atoms. The molecule has 0 atom stereocenters. The minimum atomic E-state index is -1.05. The Bertz CT molecular complexity index is 792. The Morgan fingerprint density at radius 2 is 2.12 bits per heavy atom. The Kier molecular flexibility index (Phi) is 6.23. The van der Waals surface area contributed by atoms with Crippen LogP contribution in [0, 0.1) is 5.82 Å². The zero-order valence-electron chi connectivity index (χ0n) is 12.6.